The first-order valence-corrected chi connectivity index (χ1v) is 15.0. The standard InChI is InChI=1S/C36H34FN5O4/c1-5-23-13-32(28-16-34(33(44-4)17-31(28)40-18-23)45-27-20-42(21-27)36(43)6-2)41-30-10-9-26(15-29(30)37)46-35-14-24(11-12-38-35)25-8-7-22(3)39-19-25/h6-12,14-19,27,40H,2,5,13,20-21H2,1,3-4H3. The number of likely N-dealkylation sites (tertiary alicyclic amines) is 1. The van der Waals surface area contributed by atoms with Crippen molar-refractivity contribution >= 4 is 23.0 Å². The van der Waals surface area contributed by atoms with Crippen LogP contribution < -0.4 is 19.5 Å². The molecule has 2 aromatic carbocycles. The third-order valence-corrected chi connectivity index (χ3v) is 7.90. The van der Waals surface area contributed by atoms with Crippen molar-refractivity contribution in [3.8, 4) is 34.3 Å². The molecule has 1 N–H and O–H groups in total. The molecule has 0 saturated carbocycles. The van der Waals surface area contributed by atoms with Crippen LogP contribution in [0.15, 0.2) is 96.4 Å². The Kier molecular flexibility index (Phi) is 8.78. The van der Waals surface area contributed by atoms with Crippen LogP contribution in [0.3, 0.4) is 0 Å². The third kappa shape index (κ3) is 6.61. The minimum Gasteiger partial charge on any atom is -0.493 e. The average Bonchev–Trinajstić information content (AvgIpc) is 3.22. The fourth-order valence-electron chi connectivity index (χ4n) is 5.23. The maximum atomic E-state index is 15.6. The molecule has 0 atom stereocenters. The van der Waals surface area contributed by atoms with Gasteiger partial charge >= 0.3 is 0 Å². The third-order valence-electron chi connectivity index (χ3n) is 7.90. The number of fused-ring (bicyclic) bond motifs is 1. The summed E-state index contributed by atoms with van der Waals surface area (Å²) >= 11 is 0. The average molecular weight is 620 g/mol. The summed E-state index contributed by atoms with van der Waals surface area (Å²) < 4.78 is 33.4. The molecule has 0 unspecified atom stereocenters. The van der Waals surface area contributed by atoms with E-state index in [1.807, 2.05) is 43.5 Å². The van der Waals surface area contributed by atoms with Gasteiger partial charge in [0.15, 0.2) is 17.3 Å². The molecule has 0 spiro atoms. The van der Waals surface area contributed by atoms with E-state index >= 15 is 4.39 Å². The fraction of sp³-hybridized carbons (Fsp3) is 0.222. The quantitative estimate of drug-likeness (QED) is 0.195. The van der Waals surface area contributed by atoms with E-state index in [-0.39, 0.29) is 17.7 Å². The summed E-state index contributed by atoms with van der Waals surface area (Å²) in [6, 6.07) is 15.9. The lowest BCUT2D eigenvalue weighted by atomic mass is 10.0. The summed E-state index contributed by atoms with van der Waals surface area (Å²) in [6.45, 7) is 8.44. The van der Waals surface area contributed by atoms with Gasteiger partial charge in [-0.2, -0.15) is 0 Å². The Morgan fingerprint density at radius 2 is 1.96 bits per heavy atom. The number of aliphatic imine (C=N–C) groups is 1. The number of benzene rings is 2. The zero-order valence-corrected chi connectivity index (χ0v) is 25.9. The molecule has 0 radical (unpaired) electrons. The Labute approximate surface area is 267 Å². The van der Waals surface area contributed by atoms with Crippen molar-refractivity contribution < 1.29 is 23.4 Å². The summed E-state index contributed by atoms with van der Waals surface area (Å²) in [4.78, 5) is 27.0. The highest BCUT2D eigenvalue weighted by atomic mass is 19.1. The van der Waals surface area contributed by atoms with Crippen molar-refractivity contribution in [2.24, 2.45) is 4.99 Å². The van der Waals surface area contributed by atoms with Crippen LogP contribution in [0, 0.1) is 12.7 Å². The molecule has 1 saturated heterocycles. The zero-order valence-electron chi connectivity index (χ0n) is 25.9. The number of nitrogens with one attached hydrogen (secondary N) is 1. The van der Waals surface area contributed by atoms with E-state index in [4.69, 9.17) is 19.2 Å². The molecule has 1 amide bonds. The molecule has 4 heterocycles. The number of halogens is 1. The smallest absolute Gasteiger partial charge is 0.246 e. The first-order valence-electron chi connectivity index (χ1n) is 15.0. The van der Waals surface area contributed by atoms with Gasteiger partial charge in [-0.05, 0) is 60.9 Å². The number of hydrogen-bond acceptors (Lipinski definition) is 8. The molecule has 0 aliphatic carbocycles. The molecular weight excluding hydrogens is 585 g/mol. The molecule has 2 aliphatic rings. The van der Waals surface area contributed by atoms with Crippen LogP contribution in [0.4, 0.5) is 15.8 Å². The molecule has 1 fully saturated rings. The highest BCUT2D eigenvalue weighted by Gasteiger charge is 2.32. The number of aryl methyl sites for hydroxylation is 1. The molecule has 0 bridgehead atoms. The van der Waals surface area contributed by atoms with Crippen molar-refractivity contribution in [2.75, 3.05) is 25.5 Å². The van der Waals surface area contributed by atoms with Crippen LogP contribution in [0.2, 0.25) is 0 Å². The topological polar surface area (TPSA) is 98.2 Å². The van der Waals surface area contributed by atoms with Crippen molar-refractivity contribution in [1.82, 2.24) is 14.9 Å². The Morgan fingerprint density at radius 3 is 2.67 bits per heavy atom. The van der Waals surface area contributed by atoms with Crippen molar-refractivity contribution in [1.29, 1.82) is 0 Å². The first-order chi connectivity index (χ1) is 22.3. The van der Waals surface area contributed by atoms with Gasteiger partial charge in [0.1, 0.15) is 11.9 Å². The van der Waals surface area contributed by atoms with E-state index in [1.165, 1.54) is 12.1 Å². The number of allylic oxidation sites excluding steroid dienone is 1. The zero-order chi connectivity index (χ0) is 32.2. The van der Waals surface area contributed by atoms with E-state index in [1.54, 1.807) is 42.6 Å². The van der Waals surface area contributed by atoms with Gasteiger partial charge in [-0.1, -0.05) is 19.6 Å². The number of aromatic nitrogens is 2. The van der Waals surface area contributed by atoms with E-state index in [0.717, 1.165) is 40.1 Å². The minimum absolute atomic E-state index is 0.131. The Morgan fingerprint density at radius 1 is 1.11 bits per heavy atom. The second-order valence-corrected chi connectivity index (χ2v) is 11.1. The van der Waals surface area contributed by atoms with Crippen LogP contribution >= 0.6 is 0 Å². The van der Waals surface area contributed by atoms with Gasteiger partial charge < -0.3 is 24.4 Å². The molecule has 6 rings (SSSR count). The molecular formula is C36H34FN5O4. The van der Waals surface area contributed by atoms with Gasteiger partial charge in [-0.25, -0.2) is 14.4 Å². The van der Waals surface area contributed by atoms with Crippen molar-refractivity contribution in [3.05, 3.63) is 108 Å². The monoisotopic (exact) mass is 619 g/mol. The number of rotatable bonds is 9. The summed E-state index contributed by atoms with van der Waals surface area (Å²) in [5.74, 6) is 1.03. The number of pyridine rings is 2. The van der Waals surface area contributed by atoms with Gasteiger partial charge in [0.25, 0.3) is 0 Å². The second-order valence-electron chi connectivity index (χ2n) is 11.1. The Balaban J connectivity index is 1.27. The predicted octanol–water partition coefficient (Wildman–Crippen LogP) is 7.40. The lowest BCUT2D eigenvalue weighted by molar-refractivity contribution is -0.134. The highest BCUT2D eigenvalue weighted by molar-refractivity contribution is 6.09. The summed E-state index contributed by atoms with van der Waals surface area (Å²) in [6.07, 6.45) is 7.79. The molecule has 4 aromatic rings. The molecule has 10 heteroatoms. The summed E-state index contributed by atoms with van der Waals surface area (Å²) in [7, 11) is 1.58. The maximum Gasteiger partial charge on any atom is 0.246 e. The summed E-state index contributed by atoms with van der Waals surface area (Å²) in [5.41, 5.74) is 6.22. The molecule has 46 heavy (non-hydrogen) atoms. The van der Waals surface area contributed by atoms with Gasteiger partial charge in [-0.15, -0.1) is 0 Å². The van der Waals surface area contributed by atoms with Crippen LogP contribution in [-0.4, -0.2) is 52.8 Å². The van der Waals surface area contributed by atoms with Gasteiger partial charge in [0, 0.05) is 60.0 Å². The maximum absolute atomic E-state index is 15.6. The number of nitrogens with zero attached hydrogens (tertiary/aromatic N) is 4. The second kappa shape index (κ2) is 13.2. The predicted molar refractivity (Wildman–Crippen MR) is 176 cm³/mol. The lowest BCUT2D eigenvalue weighted by Gasteiger charge is -2.38. The van der Waals surface area contributed by atoms with Crippen LogP contribution in [0.5, 0.6) is 23.1 Å². The Hall–Kier alpha value is -5.51. The van der Waals surface area contributed by atoms with Crippen molar-refractivity contribution in [2.45, 2.75) is 32.8 Å². The number of carbonyl (C=O) groups excluding carboxylic acids is 1. The van der Waals surface area contributed by atoms with Crippen LogP contribution in [0.1, 0.15) is 31.0 Å². The summed E-state index contributed by atoms with van der Waals surface area (Å²) in [5, 5.41) is 3.36. The highest BCUT2D eigenvalue weighted by Crippen LogP contribution is 2.39. The van der Waals surface area contributed by atoms with E-state index in [2.05, 4.69) is 28.8 Å². The number of amides is 1. The normalized spacial score (nSPS) is 15.2. The van der Waals surface area contributed by atoms with Crippen LogP contribution in [0.25, 0.3) is 11.1 Å². The first kappa shape index (κ1) is 30.5. The van der Waals surface area contributed by atoms with Gasteiger partial charge in [0.2, 0.25) is 11.8 Å². The van der Waals surface area contributed by atoms with Gasteiger partial charge in [-0.3, -0.25) is 9.78 Å². The Bertz CT molecular complexity index is 1850. The number of hydrogen-bond donors (Lipinski definition) is 1. The number of ether oxygens (including phenoxy) is 3. The molecule has 9 nitrogen and oxygen atoms in total. The number of carbonyl (C=O) groups is 1. The molecule has 2 aliphatic heterocycles. The van der Waals surface area contributed by atoms with Crippen molar-refractivity contribution in [3.63, 3.8) is 0 Å². The molecule has 2 aromatic heterocycles. The van der Waals surface area contributed by atoms with E-state index in [0.29, 0.717) is 48.4 Å². The molecule has 234 valence electrons. The number of methoxy groups -OCH3 is 1. The lowest BCUT2D eigenvalue weighted by Crippen LogP contribution is -2.55. The van der Waals surface area contributed by atoms with E-state index in [9.17, 15) is 4.79 Å². The fourth-order valence-corrected chi connectivity index (χ4v) is 5.23. The van der Waals surface area contributed by atoms with Gasteiger partial charge in [0.05, 0.1) is 37.3 Å². The SMILES string of the molecule is C=CC(=O)N1CC(Oc2cc3c(cc2OC)NC=C(CC)CC3=Nc2ccc(Oc3cc(-c4ccc(C)nc4)ccn3)cc2F)C1. The minimum atomic E-state index is -0.531. The largest absolute Gasteiger partial charge is 0.493 e. The van der Waals surface area contributed by atoms with E-state index < -0.39 is 5.82 Å². The number of anilines is 1. The van der Waals surface area contributed by atoms with Crippen LogP contribution in [-0.2, 0) is 4.79 Å².